The molecular formula is C3H10O8P2Se. The summed E-state index contributed by atoms with van der Waals surface area (Å²) >= 11 is -1.89. The van der Waals surface area contributed by atoms with E-state index in [1.165, 1.54) is 0 Å². The summed E-state index contributed by atoms with van der Waals surface area (Å²) in [5, 5.41) is 17.0. The van der Waals surface area contributed by atoms with Gasteiger partial charge in [0.2, 0.25) is 0 Å². The van der Waals surface area contributed by atoms with Crippen molar-refractivity contribution in [3.63, 3.8) is 0 Å². The third-order valence-corrected chi connectivity index (χ3v) is 11.6. The predicted molar refractivity (Wildman–Crippen MR) is 46.7 cm³/mol. The third kappa shape index (κ3) is 8.08. The molecule has 11 heteroatoms. The molecule has 1 unspecified atom stereocenters. The fourth-order valence-corrected chi connectivity index (χ4v) is 8.36. The van der Waals surface area contributed by atoms with Gasteiger partial charge in [-0.15, -0.1) is 0 Å². The molecule has 5 N–H and O–H groups in total. The van der Waals surface area contributed by atoms with Gasteiger partial charge in [-0.25, -0.2) is 0 Å². The predicted octanol–water partition coefficient (Wildman–Crippen LogP) is -1.75. The van der Waals surface area contributed by atoms with Gasteiger partial charge >= 0.3 is 84.5 Å². The molecule has 0 aliphatic carbocycles. The number of hydrogen-bond acceptors (Lipinski definition) is 5. The number of rotatable bonds is 6. The van der Waals surface area contributed by atoms with Crippen molar-refractivity contribution in [2.75, 3.05) is 13.2 Å². The van der Waals surface area contributed by atoms with Crippen LogP contribution in [0.5, 0.6) is 0 Å². The zero-order valence-electron chi connectivity index (χ0n) is 6.76. The Balaban J connectivity index is 4.09. The van der Waals surface area contributed by atoms with Crippen molar-refractivity contribution in [3.05, 3.63) is 0 Å². The van der Waals surface area contributed by atoms with Crippen molar-refractivity contribution in [1.82, 2.24) is 0 Å². The molecule has 0 aliphatic rings. The zero-order valence-corrected chi connectivity index (χ0v) is 10.3. The fraction of sp³-hybridized carbons (Fsp3) is 1.00. The first kappa shape index (κ1) is 14.7. The Hall–Kier alpha value is 0.739. The van der Waals surface area contributed by atoms with Crippen LogP contribution in [0.25, 0.3) is 0 Å². The van der Waals surface area contributed by atoms with Crippen LogP contribution in [-0.2, 0) is 13.7 Å². The van der Waals surface area contributed by atoms with Gasteiger partial charge in [-0.2, -0.15) is 0 Å². The number of hydrogen-bond donors (Lipinski definition) is 5. The van der Waals surface area contributed by atoms with Crippen LogP contribution < -0.4 is 0 Å². The molecule has 0 amide bonds. The molecule has 0 saturated carbocycles. The van der Waals surface area contributed by atoms with Gasteiger partial charge in [-0.1, -0.05) is 0 Å². The Morgan fingerprint density at radius 1 is 1.29 bits per heavy atom. The van der Waals surface area contributed by atoms with E-state index in [0.717, 1.165) is 0 Å². The average Bonchev–Trinajstić information content (AvgIpc) is 1.96. The van der Waals surface area contributed by atoms with Gasteiger partial charge in [-0.3, -0.25) is 0 Å². The number of aliphatic hydroxyl groups is 2. The average molecular weight is 315 g/mol. The molecule has 0 aliphatic heterocycles. The summed E-state index contributed by atoms with van der Waals surface area (Å²) in [6.07, 6.45) is -10.3. The normalized spacial score (nSPS) is 18.9. The van der Waals surface area contributed by atoms with Crippen molar-refractivity contribution >= 4 is 26.6 Å². The van der Waals surface area contributed by atoms with Crippen LogP contribution in [-0.4, -0.2) is 58.3 Å². The molecule has 0 rings (SSSR count). The summed E-state index contributed by atoms with van der Waals surface area (Å²) < 4.78 is 25.5. The first-order valence-corrected chi connectivity index (χ1v) is 10.8. The maximum atomic E-state index is 10.9. The summed E-state index contributed by atoms with van der Waals surface area (Å²) in [6.45, 7) is -1.31. The first-order valence-electron chi connectivity index (χ1n) is 3.19. The topological polar surface area (TPSA) is 145 Å². The Morgan fingerprint density at radius 2 is 1.79 bits per heavy atom. The van der Waals surface area contributed by atoms with Crippen LogP contribution in [0.3, 0.4) is 0 Å². The van der Waals surface area contributed by atoms with Crippen molar-refractivity contribution in [2.24, 2.45) is 0 Å². The molecule has 0 aromatic carbocycles. The summed E-state index contributed by atoms with van der Waals surface area (Å²) in [7, 11) is 0. The van der Waals surface area contributed by atoms with Gasteiger partial charge < -0.3 is 0 Å². The minimum absolute atomic E-state index is 0.647. The van der Waals surface area contributed by atoms with E-state index in [-0.39, 0.29) is 0 Å². The van der Waals surface area contributed by atoms with Crippen LogP contribution in [0.1, 0.15) is 0 Å². The SMILES string of the molecule is O=P(O)(O)[Se]P(=O)(O)OC[C@@H](O)CO. The second-order valence-electron chi connectivity index (χ2n) is 2.17. The van der Waals surface area contributed by atoms with Gasteiger partial charge in [-0.05, 0) is 0 Å². The molecule has 2 atom stereocenters. The molecule has 0 spiro atoms. The molecule has 0 aromatic heterocycles. The van der Waals surface area contributed by atoms with Crippen LogP contribution in [0, 0.1) is 0 Å². The van der Waals surface area contributed by atoms with Crippen LogP contribution >= 0.6 is 12.6 Å². The van der Waals surface area contributed by atoms with Gasteiger partial charge in [0, 0.05) is 0 Å². The molecule has 0 radical (unpaired) electrons. The Labute approximate surface area is 85.0 Å². The molecule has 0 heterocycles. The Kier molecular flexibility index (Phi) is 6.02. The molecule has 86 valence electrons. The van der Waals surface area contributed by atoms with Gasteiger partial charge in [0.1, 0.15) is 0 Å². The molecular weight excluding hydrogens is 305 g/mol. The zero-order chi connectivity index (χ0) is 11.4. The standard InChI is InChI=1S/C3H10O8P2Se/c4-1-3(5)2-11-13(9,10)14-12(6,7)8/h3-5H,1-2H2,(H,9,10)(H2,6,7,8)/t3-/m0/s1. The second kappa shape index (κ2) is 5.72. The van der Waals surface area contributed by atoms with E-state index in [4.69, 9.17) is 24.9 Å². The van der Waals surface area contributed by atoms with Crippen LogP contribution in [0.4, 0.5) is 0 Å². The first-order chi connectivity index (χ1) is 6.16. The van der Waals surface area contributed by atoms with E-state index in [2.05, 4.69) is 4.52 Å². The quantitative estimate of drug-likeness (QED) is 0.287. The molecule has 0 aromatic rings. The van der Waals surface area contributed by atoms with E-state index in [1.54, 1.807) is 0 Å². The van der Waals surface area contributed by atoms with Gasteiger partial charge in [0.15, 0.2) is 0 Å². The van der Waals surface area contributed by atoms with Crippen molar-refractivity contribution in [3.8, 4) is 0 Å². The van der Waals surface area contributed by atoms with E-state index in [1.807, 2.05) is 0 Å². The molecule has 8 nitrogen and oxygen atoms in total. The molecule has 0 bridgehead atoms. The van der Waals surface area contributed by atoms with E-state index in [9.17, 15) is 9.13 Å². The molecule has 0 saturated heterocycles. The summed E-state index contributed by atoms with van der Waals surface area (Å²) in [6, 6.07) is 0. The van der Waals surface area contributed by atoms with Crippen LogP contribution in [0.2, 0.25) is 0 Å². The van der Waals surface area contributed by atoms with Gasteiger partial charge in [0.25, 0.3) is 0 Å². The van der Waals surface area contributed by atoms with Crippen LogP contribution in [0.15, 0.2) is 0 Å². The third-order valence-electron chi connectivity index (χ3n) is 0.850. The fourth-order valence-electron chi connectivity index (χ4n) is 0.391. The summed E-state index contributed by atoms with van der Waals surface area (Å²) in [5.74, 6) is 0. The maximum absolute atomic E-state index is 10.9. The molecule has 0 fully saturated rings. The number of aliphatic hydroxyl groups excluding tert-OH is 2. The Morgan fingerprint density at radius 3 is 2.14 bits per heavy atom. The van der Waals surface area contributed by atoms with E-state index in [0.29, 0.717) is 0 Å². The van der Waals surface area contributed by atoms with Crippen molar-refractivity contribution in [2.45, 2.75) is 6.10 Å². The van der Waals surface area contributed by atoms with E-state index < -0.39 is 46.0 Å². The minimum atomic E-state index is -4.58. The van der Waals surface area contributed by atoms with Crippen molar-refractivity contribution in [1.29, 1.82) is 0 Å². The Bertz CT molecular complexity index is 261. The van der Waals surface area contributed by atoms with Crippen molar-refractivity contribution < 1.29 is 38.5 Å². The monoisotopic (exact) mass is 316 g/mol. The summed E-state index contributed by atoms with van der Waals surface area (Å²) in [5.41, 5.74) is 0. The second-order valence-corrected chi connectivity index (χ2v) is 14.0. The van der Waals surface area contributed by atoms with Gasteiger partial charge in [0.05, 0.1) is 0 Å². The molecule has 14 heavy (non-hydrogen) atoms. The van der Waals surface area contributed by atoms with E-state index >= 15 is 0 Å². The summed E-state index contributed by atoms with van der Waals surface area (Å²) in [4.78, 5) is 25.7.